The van der Waals surface area contributed by atoms with E-state index in [0.717, 1.165) is 17.7 Å². The average Bonchev–Trinajstić information content (AvgIpc) is 2.93. The summed E-state index contributed by atoms with van der Waals surface area (Å²) in [7, 11) is 0. The van der Waals surface area contributed by atoms with Gasteiger partial charge in [0.2, 0.25) is 5.91 Å². The van der Waals surface area contributed by atoms with Crippen LogP contribution in [0, 0.1) is 11.8 Å². The molecule has 4 amide bonds. The predicted octanol–water partition coefficient (Wildman–Crippen LogP) is 4.42. The molecule has 1 heterocycles. The molecule has 1 N–H and O–H groups in total. The second-order valence-corrected chi connectivity index (χ2v) is 9.27. The van der Waals surface area contributed by atoms with Gasteiger partial charge in [-0.3, -0.25) is 14.5 Å². The Morgan fingerprint density at radius 2 is 1.60 bits per heavy atom. The van der Waals surface area contributed by atoms with Crippen molar-refractivity contribution in [3.63, 3.8) is 0 Å². The Balaban J connectivity index is 2.19. The van der Waals surface area contributed by atoms with Crippen molar-refractivity contribution in [3.8, 4) is 0 Å². The molecule has 7 heteroatoms. The molecule has 6 nitrogen and oxygen atoms in total. The quantitative estimate of drug-likeness (QED) is 0.553. The minimum absolute atomic E-state index is 0.192. The van der Waals surface area contributed by atoms with E-state index in [-0.39, 0.29) is 12.5 Å². The van der Waals surface area contributed by atoms with Crippen LogP contribution in [0.25, 0.3) is 0 Å². The number of halogens is 1. The predicted molar refractivity (Wildman–Crippen MR) is 119 cm³/mol. The minimum Gasteiger partial charge on any atom is -0.341 e. The van der Waals surface area contributed by atoms with E-state index in [1.54, 1.807) is 29.2 Å². The van der Waals surface area contributed by atoms with Crippen LogP contribution in [0.4, 0.5) is 4.79 Å². The molecule has 0 aromatic heterocycles. The van der Waals surface area contributed by atoms with Crippen LogP contribution in [-0.4, -0.2) is 47.3 Å². The highest BCUT2D eigenvalue weighted by Gasteiger charge is 2.51. The molecule has 1 unspecified atom stereocenters. The molecule has 1 aromatic rings. The van der Waals surface area contributed by atoms with Gasteiger partial charge in [0.25, 0.3) is 5.91 Å². The number of urea groups is 1. The van der Waals surface area contributed by atoms with Crippen molar-refractivity contribution in [2.75, 3.05) is 19.6 Å². The summed E-state index contributed by atoms with van der Waals surface area (Å²) in [6, 6.07) is 6.35. The zero-order chi connectivity index (χ0) is 22.5. The average molecular weight is 436 g/mol. The largest absolute Gasteiger partial charge is 0.341 e. The zero-order valence-corrected chi connectivity index (χ0v) is 19.5. The van der Waals surface area contributed by atoms with Crippen LogP contribution in [0.15, 0.2) is 24.3 Å². The van der Waals surface area contributed by atoms with Gasteiger partial charge in [0.15, 0.2) is 0 Å². The van der Waals surface area contributed by atoms with E-state index in [1.807, 2.05) is 6.92 Å². The van der Waals surface area contributed by atoms with Gasteiger partial charge in [0.1, 0.15) is 12.1 Å². The molecule has 1 saturated heterocycles. The van der Waals surface area contributed by atoms with Crippen molar-refractivity contribution in [2.45, 2.75) is 59.4 Å². The summed E-state index contributed by atoms with van der Waals surface area (Å²) in [5.41, 5.74) is -0.498. The summed E-state index contributed by atoms with van der Waals surface area (Å²) in [6.45, 7) is 11.3. The molecule has 1 aromatic carbocycles. The molecule has 1 atom stereocenters. The number of benzene rings is 1. The smallest absolute Gasteiger partial charge is 0.325 e. The molecule has 0 aliphatic carbocycles. The molecule has 0 bridgehead atoms. The molecule has 30 heavy (non-hydrogen) atoms. The number of rotatable bonds is 10. The van der Waals surface area contributed by atoms with Crippen molar-refractivity contribution in [3.05, 3.63) is 34.9 Å². The Kier molecular flexibility index (Phi) is 8.30. The first kappa shape index (κ1) is 24.2. The maximum atomic E-state index is 13.3. The third-order valence-electron chi connectivity index (χ3n) is 5.64. The normalized spacial score (nSPS) is 19.0. The van der Waals surface area contributed by atoms with Gasteiger partial charge in [-0.05, 0) is 48.8 Å². The molecular weight excluding hydrogens is 402 g/mol. The van der Waals surface area contributed by atoms with E-state index in [4.69, 9.17) is 11.6 Å². The van der Waals surface area contributed by atoms with Crippen LogP contribution >= 0.6 is 11.6 Å². The van der Waals surface area contributed by atoms with Gasteiger partial charge in [-0.25, -0.2) is 4.79 Å². The summed E-state index contributed by atoms with van der Waals surface area (Å²) in [4.78, 5) is 41.8. The number of hydrogen-bond donors (Lipinski definition) is 1. The number of nitrogens with zero attached hydrogens (tertiary/aromatic N) is 2. The van der Waals surface area contributed by atoms with E-state index < -0.39 is 17.5 Å². The molecular formula is C23H34ClN3O3. The van der Waals surface area contributed by atoms with E-state index in [9.17, 15) is 14.4 Å². The Labute approximate surface area is 184 Å². The third kappa shape index (κ3) is 5.54. The SMILES string of the molecule is CCC1(c2ccc(Cl)cc2)NC(=O)N(CC(=O)N(CCC(C)C)CCC(C)C)C1=O. The van der Waals surface area contributed by atoms with Crippen LogP contribution in [0.3, 0.4) is 0 Å². The Bertz CT molecular complexity index is 751. The van der Waals surface area contributed by atoms with Gasteiger partial charge in [0.05, 0.1) is 0 Å². The Morgan fingerprint density at radius 3 is 2.07 bits per heavy atom. The lowest BCUT2D eigenvalue weighted by Crippen LogP contribution is -2.46. The first-order valence-electron chi connectivity index (χ1n) is 10.8. The molecule has 1 aliphatic rings. The Hall–Kier alpha value is -2.08. The van der Waals surface area contributed by atoms with Crippen molar-refractivity contribution in [1.82, 2.24) is 15.1 Å². The first-order valence-corrected chi connectivity index (χ1v) is 11.2. The summed E-state index contributed by atoms with van der Waals surface area (Å²) < 4.78 is 0. The third-order valence-corrected chi connectivity index (χ3v) is 5.89. The maximum Gasteiger partial charge on any atom is 0.325 e. The van der Waals surface area contributed by atoms with Gasteiger partial charge >= 0.3 is 6.03 Å². The second-order valence-electron chi connectivity index (χ2n) is 8.83. The van der Waals surface area contributed by atoms with Gasteiger partial charge in [-0.1, -0.05) is 58.4 Å². The van der Waals surface area contributed by atoms with E-state index in [2.05, 4.69) is 33.0 Å². The Morgan fingerprint density at radius 1 is 1.07 bits per heavy atom. The van der Waals surface area contributed by atoms with Crippen LogP contribution in [-0.2, 0) is 15.1 Å². The fourth-order valence-electron chi connectivity index (χ4n) is 3.57. The molecule has 166 valence electrons. The molecule has 0 spiro atoms. The van der Waals surface area contributed by atoms with Crippen LogP contribution in [0.5, 0.6) is 0 Å². The lowest BCUT2D eigenvalue weighted by Gasteiger charge is -2.27. The van der Waals surface area contributed by atoms with Gasteiger partial charge < -0.3 is 10.2 Å². The number of hydrogen-bond acceptors (Lipinski definition) is 3. The molecule has 0 radical (unpaired) electrons. The van der Waals surface area contributed by atoms with Gasteiger partial charge in [-0.15, -0.1) is 0 Å². The zero-order valence-electron chi connectivity index (χ0n) is 18.7. The number of imide groups is 1. The second kappa shape index (κ2) is 10.3. The molecule has 2 rings (SSSR count). The topological polar surface area (TPSA) is 69.7 Å². The molecule has 1 fully saturated rings. The van der Waals surface area contributed by atoms with E-state index >= 15 is 0 Å². The number of nitrogens with one attached hydrogen (secondary N) is 1. The summed E-state index contributed by atoms with van der Waals surface area (Å²) >= 11 is 5.98. The first-order chi connectivity index (χ1) is 14.1. The fraction of sp³-hybridized carbons (Fsp3) is 0.609. The highest BCUT2D eigenvalue weighted by Crippen LogP contribution is 2.33. The van der Waals surface area contributed by atoms with Crippen LogP contribution in [0.1, 0.15) is 59.4 Å². The van der Waals surface area contributed by atoms with Crippen molar-refractivity contribution in [2.24, 2.45) is 11.8 Å². The summed E-state index contributed by atoms with van der Waals surface area (Å²) in [5.74, 6) is 0.351. The van der Waals surface area contributed by atoms with Gasteiger partial charge in [-0.2, -0.15) is 0 Å². The standard InChI is InChI=1S/C23H34ClN3O3/c1-6-23(18-7-9-19(24)10-8-18)21(29)27(22(30)25-23)15-20(28)26(13-11-16(2)3)14-12-17(4)5/h7-10,16-17H,6,11-15H2,1-5H3,(H,25,30). The van der Waals surface area contributed by atoms with Crippen molar-refractivity contribution in [1.29, 1.82) is 0 Å². The van der Waals surface area contributed by atoms with Crippen LogP contribution in [0.2, 0.25) is 5.02 Å². The van der Waals surface area contributed by atoms with E-state index in [1.165, 1.54) is 0 Å². The molecule has 0 saturated carbocycles. The van der Waals surface area contributed by atoms with Gasteiger partial charge in [0, 0.05) is 18.1 Å². The fourth-order valence-corrected chi connectivity index (χ4v) is 3.69. The highest BCUT2D eigenvalue weighted by atomic mass is 35.5. The molecule has 1 aliphatic heterocycles. The van der Waals surface area contributed by atoms with E-state index in [0.29, 0.717) is 41.9 Å². The lowest BCUT2D eigenvalue weighted by molar-refractivity contribution is -0.139. The lowest BCUT2D eigenvalue weighted by atomic mass is 9.87. The monoisotopic (exact) mass is 435 g/mol. The highest BCUT2D eigenvalue weighted by molar-refractivity contribution is 6.30. The van der Waals surface area contributed by atoms with Crippen molar-refractivity contribution < 1.29 is 14.4 Å². The maximum absolute atomic E-state index is 13.3. The summed E-state index contributed by atoms with van der Waals surface area (Å²) in [6.07, 6.45) is 2.15. The van der Waals surface area contributed by atoms with Crippen molar-refractivity contribution >= 4 is 29.4 Å². The number of amides is 4. The minimum atomic E-state index is -1.16. The number of carbonyl (C=O) groups is 3. The summed E-state index contributed by atoms with van der Waals surface area (Å²) in [5, 5.41) is 3.38. The number of carbonyl (C=O) groups excluding carboxylic acids is 3. The van der Waals surface area contributed by atoms with Crippen LogP contribution < -0.4 is 5.32 Å².